The Labute approximate surface area is 146 Å². The Morgan fingerprint density at radius 2 is 2.04 bits per heavy atom. The van der Waals surface area contributed by atoms with Crippen LogP contribution in [0.15, 0.2) is 41.5 Å². The number of hydrogen-bond donors (Lipinski definition) is 1. The highest BCUT2D eigenvalue weighted by atomic mass is 16.1. The van der Waals surface area contributed by atoms with Gasteiger partial charge in [-0.2, -0.15) is 5.10 Å². The highest BCUT2D eigenvalue weighted by molar-refractivity contribution is 5.56. The molecule has 128 valence electrons. The molecule has 1 N–H and O–H groups in total. The van der Waals surface area contributed by atoms with Gasteiger partial charge in [0.15, 0.2) is 0 Å². The molecule has 0 aliphatic heterocycles. The molecule has 1 fully saturated rings. The molecule has 25 heavy (non-hydrogen) atoms. The maximum atomic E-state index is 11.7. The second kappa shape index (κ2) is 5.99. The van der Waals surface area contributed by atoms with Gasteiger partial charge in [0.1, 0.15) is 5.82 Å². The third kappa shape index (κ3) is 3.14. The van der Waals surface area contributed by atoms with Crippen LogP contribution in [0, 0.1) is 13.8 Å². The summed E-state index contributed by atoms with van der Waals surface area (Å²) in [5.41, 5.74) is 5.40. The SMILES string of the molecule is Cc1nc(-c2cnn([C@H](C)c3ccc(C4CC4)cc3C)c2)cc(=O)[nH]1. The molecule has 2 heterocycles. The quantitative estimate of drug-likeness (QED) is 0.790. The van der Waals surface area contributed by atoms with Gasteiger partial charge >= 0.3 is 0 Å². The van der Waals surface area contributed by atoms with Gasteiger partial charge in [-0.25, -0.2) is 4.98 Å². The Morgan fingerprint density at radius 1 is 1.24 bits per heavy atom. The third-order valence-electron chi connectivity index (χ3n) is 4.95. The molecule has 0 unspecified atom stereocenters. The molecule has 1 atom stereocenters. The number of aromatic nitrogens is 4. The minimum atomic E-state index is -0.144. The number of nitrogens with zero attached hydrogens (tertiary/aromatic N) is 3. The molecule has 3 aromatic rings. The van der Waals surface area contributed by atoms with E-state index in [9.17, 15) is 4.79 Å². The number of rotatable bonds is 4. The molecule has 0 bridgehead atoms. The smallest absolute Gasteiger partial charge is 0.251 e. The van der Waals surface area contributed by atoms with Gasteiger partial charge in [-0.1, -0.05) is 18.2 Å². The summed E-state index contributed by atoms with van der Waals surface area (Å²) < 4.78 is 1.94. The highest BCUT2D eigenvalue weighted by Crippen LogP contribution is 2.41. The molecule has 2 aromatic heterocycles. The Kier molecular flexibility index (Phi) is 3.79. The average Bonchev–Trinajstić information content (AvgIpc) is 3.30. The minimum Gasteiger partial charge on any atom is -0.311 e. The van der Waals surface area contributed by atoms with E-state index >= 15 is 0 Å². The predicted octanol–water partition coefficient (Wildman–Crippen LogP) is 3.74. The van der Waals surface area contributed by atoms with Gasteiger partial charge in [0.2, 0.25) is 0 Å². The first-order valence-electron chi connectivity index (χ1n) is 8.74. The molecule has 0 spiro atoms. The van der Waals surface area contributed by atoms with Crippen molar-refractivity contribution in [2.24, 2.45) is 0 Å². The van der Waals surface area contributed by atoms with Crippen molar-refractivity contribution in [3.8, 4) is 11.3 Å². The summed E-state index contributed by atoms with van der Waals surface area (Å²) in [6.45, 7) is 6.10. The summed E-state index contributed by atoms with van der Waals surface area (Å²) in [6.07, 6.45) is 6.37. The van der Waals surface area contributed by atoms with E-state index in [1.807, 2.05) is 10.9 Å². The number of H-pyrrole nitrogens is 1. The van der Waals surface area contributed by atoms with Crippen molar-refractivity contribution in [2.75, 3.05) is 0 Å². The summed E-state index contributed by atoms with van der Waals surface area (Å²) in [5.74, 6) is 1.37. The molecule has 1 saturated carbocycles. The van der Waals surface area contributed by atoms with Crippen LogP contribution in [0.4, 0.5) is 0 Å². The molecule has 1 aromatic carbocycles. The Bertz CT molecular complexity index is 981. The lowest BCUT2D eigenvalue weighted by Crippen LogP contribution is -2.09. The Balaban J connectivity index is 1.64. The number of aryl methyl sites for hydroxylation is 2. The monoisotopic (exact) mass is 334 g/mol. The first kappa shape index (κ1) is 15.8. The van der Waals surface area contributed by atoms with Crippen molar-refractivity contribution in [3.05, 3.63) is 69.5 Å². The fourth-order valence-electron chi connectivity index (χ4n) is 3.39. The van der Waals surface area contributed by atoms with E-state index in [2.05, 4.69) is 47.1 Å². The van der Waals surface area contributed by atoms with Crippen LogP contribution in [0.3, 0.4) is 0 Å². The molecular weight excluding hydrogens is 312 g/mol. The molecular formula is C20H22N4O. The molecule has 0 saturated heterocycles. The molecule has 5 heteroatoms. The highest BCUT2D eigenvalue weighted by Gasteiger charge is 2.24. The van der Waals surface area contributed by atoms with Gasteiger partial charge < -0.3 is 4.98 Å². The fraction of sp³-hybridized carbons (Fsp3) is 0.350. The minimum absolute atomic E-state index is 0.130. The van der Waals surface area contributed by atoms with Gasteiger partial charge in [-0.05, 0) is 56.2 Å². The zero-order valence-corrected chi connectivity index (χ0v) is 14.8. The maximum absolute atomic E-state index is 11.7. The largest absolute Gasteiger partial charge is 0.311 e. The lowest BCUT2D eigenvalue weighted by Gasteiger charge is -2.16. The topological polar surface area (TPSA) is 63.6 Å². The Morgan fingerprint density at radius 3 is 2.72 bits per heavy atom. The van der Waals surface area contributed by atoms with Crippen LogP contribution < -0.4 is 5.56 Å². The number of benzene rings is 1. The van der Waals surface area contributed by atoms with Gasteiger partial charge in [0.05, 0.1) is 17.9 Å². The number of aromatic amines is 1. The van der Waals surface area contributed by atoms with Crippen LogP contribution in [-0.2, 0) is 0 Å². The van der Waals surface area contributed by atoms with Crippen molar-refractivity contribution in [1.82, 2.24) is 19.7 Å². The first-order chi connectivity index (χ1) is 12.0. The van der Waals surface area contributed by atoms with Crippen molar-refractivity contribution < 1.29 is 0 Å². The summed E-state index contributed by atoms with van der Waals surface area (Å²) in [4.78, 5) is 18.7. The maximum Gasteiger partial charge on any atom is 0.251 e. The van der Waals surface area contributed by atoms with Crippen LogP contribution >= 0.6 is 0 Å². The lowest BCUT2D eigenvalue weighted by molar-refractivity contribution is 0.562. The van der Waals surface area contributed by atoms with Crippen molar-refractivity contribution in [1.29, 1.82) is 0 Å². The molecule has 4 rings (SSSR count). The van der Waals surface area contributed by atoms with E-state index in [-0.39, 0.29) is 11.6 Å². The zero-order valence-electron chi connectivity index (χ0n) is 14.8. The van der Waals surface area contributed by atoms with Crippen LogP contribution in [0.25, 0.3) is 11.3 Å². The van der Waals surface area contributed by atoms with Crippen LogP contribution in [0.2, 0.25) is 0 Å². The Hall–Kier alpha value is -2.69. The van der Waals surface area contributed by atoms with Gasteiger partial charge in [0, 0.05) is 17.8 Å². The molecule has 5 nitrogen and oxygen atoms in total. The van der Waals surface area contributed by atoms with Gasteiger partial charge in [0.25, 0.3) is 5.56 Å². The molecule has 1 aliphatic carbocycles. The summed E-state index contributed by atoms with van der Waals surface area (Å²) >= 11 is 0. The molecule has 1 aliphatic rings. The first-order valence-corrected chi connectivity index (χ1v) is 8.74. The van der Waals surface area contributed by atoms with Crippen molar-refractivity contribution in [3.63, 3.8) is 0 Å². The molecule has 0 radical (unpaired) electrons. The van der Waals surface area contributed by atoms with Crippen LogP contribution in [0.5, 0.6) is 0 Å². The average molecular weight is 334 g/mol. The van der Waals surface area contributed by atoms with E-state index in [0.29, 0.717) is 11.5 Å². The summed E-state index contributed by atoms with van der Waals surface area (Å²) in [6, 6.07) is 8.43. The van der Waals surface area contributed by atoms with E-state index < -0.39 is 0 Å². The number of hydrogen-bond acceptors (Lipinski definition) is 3. The number of nitrogens with one attached hydrogen (secondary N) is 1. The molecule has 0 amide bonds. The summed E-state index contributed by atoms with van der Waals surface area (Å²) in [5, 5.41) is 4.50. The second-order valence-electron chi connectivity index (χ2n) is 6.99. The van der Waals surface area contributed by atoms with Crippen LogP contribution in [0.1, 0.15) is 54.2 Å². The van der Waals surface area contributed by atoms with Gasteiger partial charge in [-0.15, -0.1) is 0 Å². The van der Waals surface area contributed by atoms with Crippen LogP contribution in [-0.4, -0.2) is 19.7 Å². The second-order valence-corrected chi connectivity index (χ2v) is 6.99. The van der Waals surface area contributed by atoms with E-state index in [0.717, 1.165) is 11.5 Å². The normalized spacial score (nSPS) is 15.3. The summed E-state index contributed by atoms with van der Waals surface area (Å²) in [7, 11) is 0. The van der Waals surface area contributed by atoms with Crippen molar-refractivity contribution in [2.45, 2.75) is 45.6 Å². The van der Waals surface area contributed by atoms with E-state index in [4.69, 9.17) is 0 Å². The third-order valence-corrected chi connectivity index (χ3v) is 4.95. The zero-order chi connectivity index (χ0) is 17.6. The van der Waals surface area contributed by atoms with Crippen molar-refractivity contribution >= 4 is 0 Å². The predicted molar refractivity (Wildman–Crippen MR) is 97.8 cm³/mol. The van der Waals surface area contributed by atoms with Gasteiger partial charge in [-0.3, -0.25) is 9.48 Å². The standard InChI is InChI=1S/C20H22N4O/c1-12-8-16(15-4-5-15)6-7-18(12)13(2)24-11-17(10-21-24)19-9-20(25)23-14(3)22-19/h6-11,13,15H,4-5H2,1-3H3,(H,22,23,25)/t13-/m1/s1. The van der Waals surface area contributed by atoms with E-state index in [1.54, 1.807) is 13.1 Å². The fourth-order valence-corrected chi connectivity index (χ4v) is 3.39. The lowest BCUT2D eigenvalue weighted by atomic mass is 9.98. The van der Waals surface area contributed by atoms with E-state index in [1.165, 1.54) is 35.6 Å².